The molecule has 0 saturated carbocycles. The smallest absolute Gasteiger partial charge is 0.252 e. The van der Waals surface area contributed by atoms with Crippen molar-refractivity contribution in [2.75, 3.05) is 0 Å². The lowest BCUT2D eigenvalue weighted by atomic mass is 10.1. The van der Waals surface area contributed by atoms with Crippen LogP contribution >= 0.6 is 0 Å². The minimum Gasteiger partial charge on any atom is -0.506 e. The predicted octanol–water partition coefficient (Wildman–Crippen LogP) is 1.28. The molecule has 0 saturated heterocycles. The first-order valence-corrected chi connectivity index (χ1v) is 4.20. The molecule has 0 unspecified atom stereocenters. The molecule has 0 bridgehead atoms. The maximum Gasteiger partial charge on any atom is 0.252 e. The van der Waals surface area contributed by atoms with Crippen LogP contribution in [-0.2, 0) is 0 Å². The second kappa shape index (κ2) is 2.77. The molecule has 14 heavy (non-hydrogen) atoms. The Balaban J connectivity index is 2.80. The van der Waals surface area contributed by atoms with Gasteiger partial charge in [-0.3, -0.25) is 4.79 Å². The monoisotopic (exact) mass is 190 g/mol. The number of hydrogen-bond donors (Lipinski definition) is 3. The van der Waals surface area contributed by atoms with Gasteiger partial charge in [-0.2, -0.15) is 0 Å². The Hall–Kier alpha value is -1.97. The number of hydrogen-bond acceptors (Lipinski definition) is 2. The Morgan fingerprint density at radius 1 is 1.50 bits per heavy atom. The van der Waals surface area contributed by atoms with Gasteiger partial charge in [0, 0.05) is 16.6 Å². The van der Waals surface area contributed by atoms with E-state index >= 15 is 0 Å². The van der Waals surface area contributed by atoms with Crippen molar-refractivity contribution in [2.24, 2.45) is 5.73 Å². The first kappa shape index (κ1) is 8.62. The fraction of sp³-hybridized carbons (Fsp3) is 0.100. The molecule has 0 aliphatic heterocycles. The topological polar surface area (TPSA) is 79.1 Å². The largest absolute Gasteiger partial charge is 0.506 e. The summed E-state index contributed by atoms with van der Waals surface area (Å²) in [6, 6.07) is 5.01. The number of fused-ring (bicyclic) bond motifs is 1. The van der Waals surface area contributed by atoms with E-state index in [-0.39, 0.29) is 11.3 Å². The van der Waals surface area contributed by atoms with Crippen molar-refractivity contribution in [1.82, 2.24) is 4.98 Å². The normalized spacial score (nSPS) is 10.6. The summed E-state index contributed by atoms with van der Waals surface area (Å²) >= 11 is 0. The molecule has 1 heterocycles. The average molecular weight is 190 g/mol. The van der Waals surface area contributed by atoms with Crippen molar-refractivity contribution in [3.05, 3.63) is 29.5 Å². The molecule has 0 aliphatic rings. The highest BCUT2D eigenvalue weighted by Gasteiger charge is 2.11. The van der Waals surface area contributed by atoms with E-state index in [4.69, 9.17) is 5.73 Å². The number of aromatic nitrogens is 1. The second-order valence-corrected chi connectivity index (χ2v) is 3.24. The van der Waals surface area contributed by atoms with Gasteiger partial charge in [-0.05, 0) is 25.1 Å². The minimum absolute atomic E-state index is 0.0562. The van der Waals surface area contributed by atoms with Crippen molar-refractivity contribution in [2.45, 2.75) is 6.92 Å². The maximum atomic E-state index is 10.9. The molecule has 4 heteroatoms. The third kappa shape index (κ3) is 1.12. The number of nitrogens with one attached hydrogen (secondary N) is 1. The van der Waals surface area contributed by atoms with Crippen LogP contribution < -0.4 is 5.73 Å². The number of benzene rings is 1. The van der Waals surface area contributed by atoms with Crippen LogP contribution in [0.15, 0.2) is 18.2 Å². The summed E-state index contributed by atoms with van der Waals surface area (Å²) in [5.74, 6) is -0.678. The van der Waals surface area contributed by atoms with Gasteiger partial charge in [-0.1, -0.05) is 0 Å². The summed E-state index contributed by atoms with van der Waals surface area (Å²) < 4.78 is 0. The van der Waals surface area contributed by atoms with Crippen LogP contribution in [-0.4, -0.2) is 16.0 Å². The molecule has 2 aromatic rings. The predicted molar refractivity (Wildman–Crippen MR) is 53.2 cm³/mol. The standard InChI is InChI=1S/C10H10N2O2/c1-5-4-7-8(12-5)3-2-6(9(7)13)10(11)14/h2-4,12-13H,1H3,(H2,11,14). The van der Waals surface area contributed by atoms with E-state index in [0.29, 0.717) is 5.39 Å². The lowest BCUT2D eigenvalue weighted by Gasteiger charge is -2.00. The Bertz CT molecular complexity index is 514. The maximum absolute atomic E-state index is 10.9. The van der Waals surface area contributed by atoms with Gasteiger partial charge in [0.05, 0.1) is 5.56 Å². The summed E-state index contributed by atoms with van der Waals surface area (Å²) in [5, 5.41) is 10.3. The van der Waals surface area contributed by atoms with E-state index in [1.807, 2.05) is 6.92 Å². The number of aryl methyl sites for hydroxylation is 1. The number of carbonyl (C=O) groups is 1. The third-order valence-corrected chi connectivity index (χ3v) is 2.18. The number of rotatable bonds is 1. The molecular weight excluding hydrogens is 180 g/mol. The fourth-order valence-electron chi connectivity index (χ4n) is 1.53. The average Bonchev–Trinajstić information content (AvgIpc) is 2.46. The number of phenols is 1. The molecule has 72 valence electrons. The molecule has 0 aliphatic carbocycles. The molecule has 1 aromatic heterocycles. The van der Waals surface area contributed by atoms with Gasteiger partial charge in [0.15, 0.2) is 0 Å². The van der Waals surface area contributed by atoms with Crippen molar-refractivity contribution < 1.29 is 9.90 Å². The molecule has 0 atom stereocenters. The quantitative estimate of drug-likeness (QED) is 0.633. The molecule has 0 fully saturated rings. The van der Waals surface area contributed by atoms with Crippen LogP contribution in [0.5, 0.6) is 5.75 Å². The highest BCUT2D eigenvalue weighted by atomic mass is 16.3. The Morgan fingerprint density at radius 3 is 2.86 bits per heavy atom. The summed E-state index contributed by atoms with van der Waals surface area (Å²) in [7, 11) is 0. The second-order valence-electron chi connectivity index (χ2n) is 3.24. The fourth-order valence-corrected chi connectivity index (χ4v) is 1.53. The number of carbonyl (C=O) groups excluding carboxylic acids is 1. The van der Waals surface area contributed by atoms with Gasteiger partial charge in [0.1, 0.15) is 5.75 Å². The summed E-state index contributed by atoms with van der Waals surface area (Å²) in [4.78, 5) is 14.0. The number of aromatic hydroxyl groups is 1. The molecule has 1 amide bonds. The van der Waals surface area contributed by atoms with Crippen LogP contribution in [0.2, 0.25) is 0 Å². The number of amides is 1. The van der Waals surface area contributed by atoms with Crippen LogP contribution in [0.4, 0.5) is 0 Å². The van der Waals surface area contributed by atoms with Gasteiger partial charge in [0.2, 0.25) is 0 Å². The first-order chi connectivity index (χ1) is 6.59. The lowest BCUT2D eigenvalue weighted by Crippen LogP contribution is -2.10. The number of aromatic amines is 1. The molecule has 1 aromatic carbocycles. The SMILES string of the molecule is Cc1cc2c(O)c(C(N)=O)ccc2[nH]1. The first-order valence-electron chi connectivity index (χ1n) is 4.20. The highest BCUT2D eigenvalue weighted by Crippen LogP contribution is 2.28. The van der Waals surface area contributed by atoms with Crippen LogP contribution in [0, 0.1) is 6.92 Å². The van der Waals surface area contributed by atoms with Crippen molar-refractivity contribution in [1.29, 1.82) is 0 Å². The zero-order valence-corrected chi connectivity index (χ0v) is 7.66. The van der Waals surface area contributed by atoms with E-state index in [9.17, 15) is 9.90 Å². The summed E-state index contributed by atoms with van der Waals surface area (Å²) in [6.45, 7) is 1.88. The Kier molecular flexibility index (Phi) is 1.70. The molecular formula is C10H10N2O2. The Morgan fingerprint density at radius 2 is 2.21 bits per heavy atom. The van der Waals surface area contributed by atoms with Crippen LogP contribution in [0.1, 0.15) is 16.1 Å². The third-order valence-electron chi connectivity index (χ3n) is 2.18. The summed E-state index contributed by atoms with van der Waals surface area (Å²) in [6.07, 6.45) is 0. The van der Waals surface area contributed by atoms with E-state index in [2.05, 4.69) is 4.98 Å². The van der Waals surface area contributed by atoms with Gasteiger partial charge in [-0.15, -0.1) is 0 Å². The number of H-pyrrole nitrogens is 1. The highest BCUT2D eigenvalue weighted by molar-refractivity contribution is 6.02. The van der Waals surface area contributed by atoms with E-state index in [0.717, 1.165) is 11.2 Å². The van der Waals surface area contributed by atoms with Gasteiger partial charge >= 0.3 is 0 Å². The van der Waals surface area contributed by atoms with E-state index in [1.165, 1.54) is 6.07 Å². The minimum atomic E-state index is -0.622. The molecule has 0 radical (unpaired) electrons. The Labute approximate surface area is 80.3 Å². The zero-order valence-electron chi connectivity index (χ0n) is 7.66. The van der Waals surface area contributed by atoms with Gasteiger partial charge < -0.3 is 15.8 Å². The van der Waals surface area contributed by atoms with E-state index in [1.54, 1.807) is 12.1 Å². The van der Waals surface area contributed by atoms with Gasteiger partial charge in [-0.25, -0.2) is 0 Å². The van der Waals surface area contributed by atoms with Gasteiger partial charge in [0.25, 0.3) is 5.91 Å². The summed E-state index contributed by atoms with van der Waals surface area (Å²) in [5.41, 5.74) is 6.98. The number of nitrogens with two attached hydrogens (primary N) is 1. The van der Waals surface area contributed by atoms with Crippen molar-refractivity contribution in [3.8, 4) is 5.75 Å². The molecule has 0 spiro atoms. The zero-order chi connectivity index (χ0) is 10.3. The van der Waals surface area contributed by atoms with Crippen LogP contribution in [0.3, 0.4) is 0 Å². The van der Waals surface area contributed by atoms with E-state index < -0.39 is 5.91 Å². The number of primary amides is 1. The van der Waals surface area contributed by atoms with Crippen molar-refractivity contribution >= 4 is 16.8 Å². The lowest BCUT2D eigenvalue weighted by molar-refractivity contribution is 0.0998. The molecule has 2 rings (SSSR count). The van der Waals surface area contributed by atoms with Crippen molar-refractivity contribution in [3.63, 3.8) is 0 Å². The van der Waals surface area contributed by atoms with Crippen LogP contribution in [0.25, 0.3) is 10.9 Å². The molecule has 4 nitrogen and oxygen atoms in total. The molecule has 4 N–H and O–H groups in total.